The molecule has 0 radical (unpaired) electrons. The zero-order valence-corrected chi connectivity index (χ0v) is 17.9. The molecule has 2 atom stereocenters. The van der Waals surface area contributed by atoms with Gasteiger partial charge in [-0.25, -0.2) is 4.79 Å². The summed E-state index contributed by atoms with van der Waals surface area (Å²) in [5.74, 6) is 0. The molecule has 0 bridgehead atoms. The summed E-state index contributed by atoms with van der Waals surface area (Å²) in [6.45, 7) is 21.6. The minimum absolute atomic E-state index is 0.0141. The van der Waals surface area contributed by atoms with Crippen molar-refractivity contribution in [2.75, 3.05) is 6.54 Å². The van der Waals surface area contributed by atoms with E-state index in [1.54, 1.807) is 0 Å². The first-order valence-electron chi connectivity index (χ1n) is 9.07. The molecule has 0 saturated carbocycles. The second-order valence-electron chi connectivity index (χ2n) is 9.32. The Balaban J connectivity index is 2.97. The molecule has 4 nitrogen and oxygen atoms in total. The summed E-state index contributed by atoms with van der Waals surface area (Å²) >= 11 is 0. The summed E-state index contributed by atoms with van der Waals surface area (Å²) in [7, 11) is -1.89. The van der Waals surface area contributed by atoms with E-state index in [0.29, 0.717) is 0 Å². The summed E-state index contributed by atoms with van der Waals surface area (Å²) in [5, 5.41) is 0.153. The summed E-state index contributed by atoms with van der Waals surface area (Å²) in [6.07, 6.45) is 4.38. The molecule has 1 saturated heterocycles. The molecular formula is C19H37NO3Si. The monoisotopic (exact) mass is 355 g/mol. The van der Waals surface area contributed by atoms with E-state index in [1.807, 2.05) is 31.7 Å². The Bertz CT molecular complexity index is 449. The maximum Gasteiger partial charge on any atom is 0.410 e. The van der Waals surface area contributed by atoms with Crippen molar-refractivity contribution < 1.29 is 14.0 Å². The molecule has 5 heteroatoms. The second kappa shape index (κ2) is 7.61. The van der Waals surface area contributed by atoms with Crippen molar-refractivity contribution in [2.45, 2.75) is 96.7 Å². The number of ether oxygens (including phenoxy) is 1. The number of piperidine rings is 1. The maximum absolute atomic E-state index is 12.6. The minimum atomic E-state index is -1.89. The van der Waals surface area contributed by atoms with Crippen LogP contribution < -0.4 is 0 Å². The lowest BCUT2D eigenvalue weighted by Crippen LogP contribution is -2.56. The first-order chi connectivity index (χ1) is 10.8. The Hall–Kier alpha value is -0.813. The van der Waals surface area contributed by atoms with E-state index >= 15 is 0 Å². The molecule has 1 amide bonds. The van der Waals surface area contributed by atoms with E-state index in [2.05, 4.69) is 40.4 Å². The van der Waals surface area contributed by atoms with Crippen LogP contribution in [0.1, 0.15) is 60.8 Å². The fourth-order valence-corrected chi connectivity index (χ4v) is 4.10. The molecule has 1 rings (SSSR count). The smallest absolute Gasteiger partial charge is 0.410 e. The second-order valence-corrected chi connectivity index (χ2v) is 14.1. The van der Waals surface area contributed by atoms with Crippen LogP contribution >= 0.6 is 0 Å². The summed E-state index contributed by atoms with van der Waals surface area (Å²) in [4.78, 5) is 14.5. The van der Waals surface area contributed by atoms with Crippen LogP contribution in [0.25, 0.3) is 0 Å². The van der Waals surface area contributed by atoms with Gasteiger partial charge in [-0.3, -0.25) is 0 Å². The van der Waals surface area contributed by atoms with Gasteiger partial charge in [0.25, 0.3) is 0 Å². The Kier molecular flexibility index (Phi) is 6.73. The zero-order valence-electron chi connectivity index (χ0n) is 16.9. The van der Waals surface area contributed by atoms with Crippen molar-refractivity contribution in [1.82, 2.24) is 4.90 Å². The van der Waals surface area contributed by atoms with Gasteiger partial charge >= 0.3 is 6.09 Å². The third kappa shape index (κ3) is 5.62. The number of carbonyl (C=O) groups excluding carboxylic acids is 1. The van der Waals surface area contributed by atoms with E-state index in [9.17, 15) is 4.79 Å². The first-order valence-corrected chi connectivity index (χ1v) is 12.0. The van der Waals surface area contributed by atoms with E-state index in [0.717, 1.165) is 25.8 Å². The normalized spacial score (nSPS) is 23.1. The highest BCUT2D eigenvalue weighted by atomic mass is 28.4. The average molecular weight is 356 g/mol. The summed E-state index contributed by atoms with van der Waals surface area (Å²) in [5.41, 5.74) is -0.483. The summed E-state index contributed by atoms with van der Waals surface area (Å²) < 4.78 is 12.3. The molecule has 24 heavy (non-hydrogen) atoms. The third-order valence-electron chi connectivity index (χ3n) is 5.01. The Morgan fingerprint density at radius 2 is 1.83 bits per heavy atom. The lowest BCUT2D eigenvalue weighted by Gasteiger charge is -2.46. The first kappa shape index (κ1) is 21.2. The number of rotatable bonds is 4. The van der Waals surface area contributed by atoms with E-state index in [1.165, 1.54) is 0 Å². The van der Waals surface area contributed by atoms with Crippen LogP contribution in [0.2, 0.25) is 18.1 Å². The lowest BCUT2D eigenvalue weighted by molar-refractivity contribution is -0.0185. The molecule has 140 valence electrons. The van der Waals surface area contributed by atoms with E-state index in [4.69, 9.17) is 9.16 Å². The predicted molar refractivity (Wildman–Crippen MR) is 103 cm³/mol. The topological polar surface area (TPSA) is 38.8 Å². The Morgan fingerprint density at radius 3 is 2.29 bits per heavy atom. The molecule has 1 aliphatic heterocycles. The molecule has 1 aliphatic rings. The van der Waals surface area contributed by atoms with E-state index < -0.39 is 13.9 Å². The molecule has 2 unspecified atom stereocenters. The number of hydrogen-bond donors (Lipinski definition) is 0. The number of likely N-dealkylation sites (tertiary alicyclic amines) is 1. The van der Waals surface area contributed by atoms with Crippen molar-refractivity contribution >= 4 is 14.4 Å². The molecule has 0 spiro atoms. The lowest BCUT2D eigenvalue weighted by atomic mass is 9.96. The molecule has 0 aromatic carbocycles. The van der Waals surface area contributed by atoms with Crippen molar-refractivity contribution in [3.8, 4) is 0 Å². The Labute approximate surface area is 149 Å². The highest BCUT2D eigenvalue weighted by molar-refractivity contribution is 6.74. The maximum atomic E-state index is 12.6. The van der Waals surface area contributed by atoms with Gasteiger partial charge in [0.15, 0.2) is 8.32 Å². The van der Waals surface area contributed by atoms with Crippen LogP contribution in [0.4, 0.5) is 4.79 Å². The van der Waals surface area contributed by atoms with Gasteiger partial charge in [-0.1, -0.05) is 26.8 Å². The van der Waals surface area contributed by atoms with Gasteiger partial charge in [-0.15, -0.1) is 6.58 Å². The van der Waals surface area contributed by atoms with Crippen LogP contribution in [0.5, 0.6) is 0 Å². The highest BCUT2D eigenvalue weighted by Gasteiger charge is 2.43. The summed E-state index contributed by atoms with van der Waals surface area (Å²) in [6, 6.07) is 0.0141. The number of hydrogen-bond acceptors (Lipinski definition) is 3. The van der Waals surface area contributed by atoms with Crippen LogP contribution in [-0.4, -0.2) is 43.6 Å². The van der Waals surface area contributed by atoms with Crippen LogP contribution in [0.3, 0.4) is 0 Å². The fourth-order valence-electron chi connectivity index (χ4n) is 2.71. The quantitative estimate of drug-likeness (QED) is 0.504. The highest BCUT2D eigenvalue weighted by Crippen LogP contribution is 2.39. The zero-order chi connectivity index (χ0) is 18.8. The van der Waals surface area contributed by atoms with Gasteiger partial charge in [0, 0.05) is 6.54 Å². The Morgan fingerprint density at radius 1 is 1.25 bits per heavy atom. The molecule has 1 fully saturated rings. The standard InChI is InChI=1S/C19H37NO3Si/c1-10-12-15-16(23-24(8,9)19(5,6)7)13-11-14-20(15)17(21)22-18(2,3)4/h10,15-16H,1,11-14H2,2-9H3. The average Bonchev–Trinajstić information content (AvgIpc) is 2.37. The molecule has 0 aromatic rings. The minimum Gasteiger partial charge on any atom is -0.444 e. The SMILES string of the molecule is C=CCC1C(O[Si](C)(C)C(C)(C)C)CCCN1C(=O)OC(C)(C)C. The van der Waals surface area contributed by atoms with Gasteiger partial charge in [-0.2, -0.15) is 0 Å². The van der Waals surface area contributed by atoms with Gasteiger partial charge < -0.3 is 14.1 Å². The van der Waals surface area contributed by atoms with Crippen molar-refractivity contribution in [3.63, 3.8) is 0 Å². The van der Waals surface area contributed by atoms with E-state index in [-0.39, 0.29) is 23.3 Å². The molecule has 1 heterocycles. The largest absolute Gasteiger partial charge is 0.444 e. The van der Waals surface area contributed by atoms with Crippen molar-refractivity contribution in [1.29, 1.82) is 0 Å². The number of nitrogens with zero attached hydrogens (tertiary/aromatic N) is 1. The van der Waals surface area contributed by atoms with Gasteiger partial charge in [0.2, 0.25) is 0 Å². The number of carbonyl (C=O) groups is 1. The van der Waals surface area contributed by atoms with Gasteiger partial charge in [-0.05, 0) is 58.2 Å². The van der Waals surface area contributed by atoms with Crippen LogP contribution in [0, 0.1) is 0 Å². The van der Waals surface area contributed by atoms with Gasteiger partial charge in [0.1, 0.15) is 5.60 Å². The molecule has 0 N–H and O–H groups in total. The van der Waals surface area contributed by atoms with Crippen molar-refractivity contribution in [2.24, 2.45) is 0 Å². The fraction of sp³-hybridized carbons (Fsp3) is 0.842. The number of amides is 1. The predicted octanol–water partition coefficient (Wildman–Crippen LogP) is 5.35. The molecule has 0 aromatic heterocycles. The molecular weight excluding hydrogens is 318 g/mol. The third-order valence-corrected chi connectivity index (χ3v) is 9.51. The molecule has 0 aliphatic carbocycles. The van der Waals surface area contributed by atoms with Gasteiger partial charge in [0.05, 0.1) is 12.1 Å². The van der Waals surface area contributed by atoms with Crippen LogP contribution in [0.15, 0.2) is 12.7 Å². The van der Waals surface area contributed by atoms with Crippen LogP contribution in [-0.2, 0) is 9.16 Å². The van der Waals surface area contributed by atoms with Crippen molar-refractivity contribution in [3.05, 3.63) is 12.7 Å².